The largest absolute Gasteiger partial charge is 0.496 e. The standard InChI is InChI=1S/C30H32N6O4/c1-38-27-4-2-3-23-24(27)18-22(19-25(23)35-13-15-39-16-14-35)29(37)36-11-9-30(10-12-36)8-7-20-17-21(5-6-26(20)40-30)28-31-33-34-32-28/h2-6,17-19H,7-16H2,1H3,(H,31,32,33,34). The summed E-state index contributed by atoms with van der Waals surface area (Å²) < 4.78 is 17.9. The van der Waals surface area contributed by atoms with Crippen LogP contribution >= 0.6 is 0 Å². The summed E-state index contributed by atoms with van der Waals surface area (Å²) in [5, 5.41) is 16.4. The first-order valence-electron chi connectivity index (χ1n) is 13.9. The molecule has 1 N–H and O–H groups in total. The number of tetrazole rings is 1. The number of hydrogen-bond acceptors (Lipinski definition) is 8. The fraction of sp³-hybridized carbons (Fsp3) is 0.400. The number of piperidine rings is 1. The van der Waals surface area contributed by atoms with Gasteiger partial charge in [-0.2, -0.15) is 5.21 Å². The molecule has 0 atom stereocenters. The molecule has 0 aliphatic carbocycles. The SMILES string of the molecule is COc1cccc2c(N3CCOCC3)cc(C(=O)N3CCC4(CCc5cc(-c6nn[nH]n6)ccc5O4)CC3)cc12. The van der Waals surface area contributed by atoms with E-state index in [9.17, 15) is 4.79 Å². The van der Waals surface area contributed by atoms with Gasteiger partial charge in [-0.25, -0.2) is 0 Å². The molecule has 1 amide bonds. The number of nitrogens with one attached hydrogen (secondary N) is 1. The van der Waals surface area contributed by atoms with Crippen molar-refractivity contribution in [3.05, 3.63) is 59.7 Å². The summed E-state index contributed by atoms with van der Waals surface area (Å²) in [5.74, 6) is 2.32. The van der Waals surface area contributed by atoms with Gasteiger partial charge in [-0.1, -0.05) is 12.1 Å². The van der Waals surface area contributed by atoms with E-state index in [1.807, 2.05) is 35.2 Å². The van der Waals surface area contributed by atoms with E-state index < -0.39 is 0 Å². The van der Waals surface area contributed by atoms with Crippen molar-refractivity contribution < 1.29 is 19.0 Å². The molecule has 10 nitrogen and oxygen atoms in total. The van der Waals surface area contributed by atoms with Crippen LogP contribution < -0.4 is 14.4 Å². The number of H-pyrrole nitrogens is 1. The minimum absolute atomic E-state index is 0.0538. The van der Waals surface area contributed by atoms with Gasteiger partial charge < -0.3 is 24.0 Å². The van der Waals surface area contributed by atoms with Gasteiger partial charge >= 0.3 is 0 Å². The molecule has 1 spiro atoms. The number of fused-ring (bicyclic) bond motifs is 2. The van der Waals surface area contributed by atoms with Crippen LogP contribution in [0.3, 0.4) is 0 Å². The summed E-state index contributed by atoms with van der Waals surface area (Å²) in [6, 6.07) is 16.2. The molecule has 0 radical (unpaired) electrons. The van der Waals surface area contributed by atoms with Crippen LogP contribution in [0.25, 0.3) is 22.2 Å². The predicted molar refractivity (Wildman–Crippen MR) is 150 cm³/mol. The molecule has 206 valence electrons. The van der Waals surface area contributed by atoms with Crippen molar-refractivity contribution in [1.82, 2.24) is 25.5 Å². The van der Waals surface area contributed by atoms with Crippen LogP contribution in [0.1, 0.15) is 35.2 Å². The number of carbonyl (C=O) groups is 1. The third-order valence-corrected chi connectivity index (χ3v) is 8.56. The number of rotatable bonds is 4. The van der Waals surface area contributed by atoms with Gasteiger partial charge in [0, 0.05) is 66.6 Å². The number of aromatic nitrogens is 4. The number of morpholine rings is 1. The number of aryl methyl sites for hydroxylation is 1. The summed E-state index contributed by atoms with van der Waals surface area (Å²) in [5.41, 5.74) is 3.59. The van der Waals surface area contributed by atoms with Gasteiger partial charge in [0.2, 0.25) is 5.82 Å². The minimum atomic E-state index is -0.247. The molecule has 0 saturated carbocycles. The molecule has 40 heavy (non-hydrogen) atoms. The normalized spacial score (nSPS) is 18.4. The molecule has 0 unspecified atom stereocenters. The number of hydrogen-bond donors (Lipinski definition) is 1. The Morgan fingerprint density at radius 3 is 2.62 bits per heavy atom. The Morgan fingerprint density at radius 2 is 1.85 bits per heavy atom. The lowest BCUT2D eigenvalue weighted by Gasteiger charge is -2.44. The van der Waals surface area contributed by atoms with E-state index in [-0.39, 0.29) is 11.5 Å². The summed E-state index contributed by atoms with van der Waals surface area (Å²) in [6.07, 6.45) is 3.45. The highest BCUT2D eigenvalue weighted by molar-refractivity contribution is 6.05. The molecular weight excluding hydrogens is 508 g/mol. The van der Waals surface area contributed by atoms with Gasteiger partial charge in [-0.15, -0.1) is 10.2 Å². The maximum atomic E-state index is 13.9. The molecule has 2 fully saturated rings. The van der Waals surface area contributed by atoms with E-state index in [1.165, 1.54) is 0 Å². The third-order valence-electron chi connectivity index (χ3n) is 8.56. The summed E-state index contributed by atoms with van der Waals surface area (Å²) in [6.45, 7) is 4.27. The van der Waals surface area contributed by atoms with E-state index in [0.717, 1.165) is 77.9 Å². The molecule has 0 bridgehead atoms. The lowest BCUT2D eigenvalue weighted by Crippen LogP contribution is -2.51. The van der Waals surface area contributed by atoms with E-state index in [4.69, 9.17) is 14.2 Å². The third kappa shape index (κ3) is 4.42. The molecule has 4 aromatic rings. The Kier molecular flexibility index (Phi) is 6.27. The second-order valence-corrected chi connectivity index (χ2v) is 10.8. The van der Waals surface area contributed by atoms with Gasteiger partial charge in [-0.3, -0.25) is 4.79 Å². The first kappa shape index (κ1) is 24.8. The Hall–Kier alpha value is -4.18. The topological polar surface area (TPSA) is 106 Å². The lowest BCUT2D eigenvalue weighted by molar-refractivity contribution is -0.0106. The maximum absolute atomic E-state index is 13.9. The van der Waals surface area contributed by atoms with Crippen molar-refractivity contribution in [2.75, 3.05) is 51.4 Å². The molecule has 2 saturated heterocycles. The molecule has 3 aliphatic rings. The number of carbonyl (C=O) groups excluding carboxylic acids is 1. The van der Waals surface area contributed by atoms with Crippen LogP contribution in [0.5, 0.6) is 11.5 Å². The van der Waals surface area contributed by atoms with Crippen molar-refractivity contribution in [3.8, 4) is 22.9 Å². The Labute approximate surface area is 232 Å². The summed E-state index contributed by atoms with van der Waals surface area (Å²) >= 11 is 0. The van der Waals surface area contributed by atoms with E-state index >= 15 is 0 Å². The average molecular weight is 541 g/mol. The fourth-order valence-electron chi connectivity index (χ4n) is 6.30. The van der Waals surface area contributed by atoms with Crippen molar-refractivity contribution in [2.24, 2.45) is 0 Å². The molecule has 4 heterocycles. The molecule has 10 heteroatoms. The second kappa shape index (κ2) is 10.1. The number of anilines is 1. The van der Waals surface area contributed by atoms with Crippen molar-refractivity contribution in [1.29, 1.82) is 0 Å². The zero-order chi connectivity index (χ0) is 27.1. The number of ether oxygens (including phenoxy) is 3. The van der Waals surface area contributed by atoms with Gasteiger partial charge in [0.05, 0.1) is 20.3 Å². The van der Waals surface area contributed by atoms with Gasteiger partial charge in [0.25, 0.3) is 5.91 Å². The van der Waals surface area contributed by atoms with Crippen LogP contribution in [0, 0.1) is 0 Å². The number of benzene rings is 3. The van der Waals surface area contributed by atoms with Crippen LogP contribution in [0.4, 0.5) is 5.69 Å². The minimum Gasteiger partial charge on any atom is -0.496 e. The summed E-state index contributed by atoms with van der Waals surface area (Å²) in [7, 11) is 1.68. The average Bonchev–Trinajstić information content (AvgIpc) is 3.56. The van der Waals surface area contributed by atoms with Crippen LogP contribution in [-0.2, 0) is 11.2 Å². The van der Waals surface area contributed by atoms with E-state index in [2.05, 4.69) is 43.7 Å². The Balaban J connectivity index is 1.10. The molecule has 1 aromatic heterocycles. The second-order valence-electron chi connectivity index (χ2n) is 10.8. The van der Waals surface area contributed by atoms with E-state index in [0.29, 0.717) is 37.7 Å². The van der Waals surface area contributed by atoms with Crippen molar-refractivity contribution >= 4 is 22.4 Å². The number of likely N-dealkylation sites (tertiary alicyclic amines) is 1. The zero-order valence-corrected chi connectivity index (χ0v) is 22.6. The fourth-order valence-corrected chi connectivity index (χ4v) is 6.30. The number of methoxy groups -OCH3 is 1. The molecule has 7 rings (SSSR count). The lowest BCUT2D eigenvalue weighted by atomic mass is 9.82. The van der Waals surface area contributed by atoms with Crippen LogP contribution in [-0.4, -0.2) is 83.5 Å². The van der Waals surface area contributed by atoms with Crippen molar-refractivity contribution in [3.63, 3.8) is 0 Å². The number of aromatic amines is 1. The van der Waals surface area contributed by atoms with Crippen LogP contribution in [0.15, 0.2) is 48.5 Å². The quantitative estimate of drug-likeness (QED) is 0.416. The molecule has 3 aliphatic heterocycles. The monoisotopic (exact) mass is 540 g/mol. The number of nitrogens with zero attached hydrogens (tertiary/aromatic N) is 5. The first-order valence-corrected chi connectivity index (χ1v) is 13.9. The maximum Gasteiger partial charge on any atom is 0.253 e. The smallest absolute Gasteiger partial charge is 0.253 e. The van der Waals surface area contributed by atoms with Crippen LogP contribution in [0.2, 0.25) is 0 Å². The zero-order valence-electron chi connectivity index (χ0n) is 22.6. The highest BCUT2D eigenvalue weighted by Gasteiger charge is 2.40. The van der Waals surface area contributed by atoms with Crippen molar-refractivity contribution in [2.45, 2.75) is 31.3 Å². The Morgan fingerprint density at radius 1 is 1.00 bits per heavy atom. The predicted octanol–water partition coefficient (Wildman–Crippen LogP) is 3.87. The molecule has 3 aromatic carbocycles. The Bertz CT molecular complexity index is 1540. The van der Waals surface area contributed by atoms with Gasteiger partial charge in [0.15, 0.2) is 0 Å². The van der Waals surface area contributed by atoms with Gasteiger partial charge in [0.1, 0.15) is 17.1 Å². The summed E-state index contributed by atoms with van der Waals surface area (Å²) in [4.78, 5) is 18.2. The van der Waals surface area contributed by atoms with E-state index in [1.54, 1.807) is 7.11 Å². The highest BCUT2D eigenvalue weighted by Crippen LogP contribution is 2.41. The number of amides is 1. The van der Waals surface area contributed by atoms with Gasteiger partial charge in [-0.05, 0) is 60.0 Å². The first-order chi connectivity index (χ1) is 19.6. The highest BCUT2D eigenvalue weighted by atomic mass is 16.5. The molecular formula is C30H32N6O4.